The highest BCUT2D eigenvalue weighted by Gasteiger charge is 2.30. The Morgan fingerprint density at radius 3 is 2.93 bits per heavy atom. The van der Waals surface area contributed by atoms with Crippen LogP contribution in [0, 0.1) is 4.77 Å². The van der Waals surface area contributed by atoms with Crippen molar-refractivity contribution in [2.75, 3.05) is 13.1 Å². The van der Waals surface area contributed by atoms with Gasteiger partial charge in [0.15, 0.2) is 4.77 Å². The molecule has 2 aromatic heterocycles. The predicted molar refractivity (Wildman–Crippen MR) is 115 cm³/mol. The Hall–Kier alpha value is -2.45. The number of piperidine rings is 1. The average molecular weight is 431 g/mol. The van der Waals surface area contributed by atoms with Crippen LogP contribution in [0.5, 0.6) is 0 Å². The largest absolute Gasteiger partial charge is 0.338 e. The Bertz CT molecular complexity index is 1100. The second-order valence-electron chi connectivity index (χ2n) is 7.27. The lowest BCUT2D eigenvalue weighted by molar-refractivity contribution is 0.0704. The second-order valence-corrected chi connectivity index (χ2v) is 8.06. The maximum Gasteiger partial charge on any atom is 0.257 e. The lowest BCUT2D eigenvalue weighted by Crippen LogP contribution is -2.39. The first-order valence-corrected chi connectivity index (χ1v) is 10.5. The number of aryl methyl sites for hydroxylation is 1. The molecule has 9 heteroatoms. The number of nitrogens with zero attached hydrogens (tertiary/aromatic N) is 5. The predicted octanol–water partition coefficient (Wildman–Crippen LogP) is 4.03. The summed E-state index contributed by atoms with van der Waals surface area (Å²) in [6, 6.07) is 7.46. The van der Waals surface area contributed by atoms with E-state index in [0.29, 0.717) is 34.1 Å². The summed E-state index contributed by atoms with van der Waals surface area (Å²) in [6.07, 6.45) is 3.67. The molecule has 152 valence electrons. The topological polar surface area (TPSA) is 71.7 Å². The quantitative estimate of drug-likeness (QED) is 0.634. The number of rotatable bonds is 4. The van der Waals surface area contributed by atoms with E-state index in [-0.39, 0.29) is 11.8 Å². The maximum atomic E-state index is 13.4. The van der Waals surface area contributed by atoms with Gasteiger partial charge in [-0.3, -0.25) is 14.6 Å². The first kappa shape index (κ1) is 19.8. The molecule has 3 aromatic rings. The molecule has 0 saturated carbocycles. The zero-order valence-electron chi connectivity index (χ0n) is 16.4. The van der Waals surface area contributed by atoms with E-state index < -0.39 is 0 Å². The number of aromatic amines is 1. The minimum absolute atomic E-state index is 0.0325. The molecule has 0 aliphatic carbocycles. The van der Waals surface area contributed by atoms with Crippen LogP contribution in [0.25, 0.3) is 11.3 Å². The molecule has 1 aliphatic heterocycles. The molecule has 0 radical (unpaired) electrons. The number of hydrogen-bond acceptors (Lipinski definition) is 4. The molecule has 1 fully saturated rings. The number of H-pyrrole nitrogens is 1. The summed E-state index contributed by atoms with van der Waals surface area (Å²) in [7, 11) is 1.81. The molecule has 7 nitrogen and oxygen atoms in total. The first-order valence-electron chi connectivity index (χ1n) is 9.72. The third-order valence-corrected chi connectivity index (χ3v) is 6.01. The molecule has 1 aliphatic rings. The Labute approximate surface area is 179 Å². The first-order chi connectivity index (χ1) is 14.0. The van der Waals surface area contributed by atoms with Crippen LogP contribution in [-0.4, -0.2) is 48.4 Å². The van der Waals surface area contributed by atoms with Gasteiger partial charge < -0.3 is 9.47 Å². The van der Waals surface area contributed by atoms with Gasteiger partial charge in [-0.2, -0.15) is 10.2 Å². The molecule has 3 heterocycles. The molecular weight excluding hydrogens is 408 g/mol. The summed E-state index contributed by atoms with van der Waals surface area (Å²) in [5.41, 5.74) is 1.94. The van der Waals surface area contributed by atoms with Crippen LogP contribution >= 0.6 is 23.8 Å². The molecule has 1 aromatic carbocycles. The van der Waals surface area contributed by atoms with Crippen molar-refractivity contribution in [3.63, 3.8) is 0 Å². The van der Waals surface area contributed by atoms with E-state index in [0.717, 1.165) is 30.8 Å². The number of carbonyl (C=O) groups is 1. The average Bonchev–Trinajstić information content (AvgIpc) is 3.30. The van der Waals surface area contributed by atoms with Crippen molar-refractivity contribution in [1.29, 1.82) is 0 Å². The van der Waals surface area contributed by atoms with E-state index in [4.69, 9.17) is 23.8 Å². The molecule has 0 bridgehead atoms. The third-order valence-electron chi connectivity index (χ3n) is 5.37. The minimum atomic E-state index is -0.0325. The lowest BCUT2D eigenvalue weighted by atomic mass is 9.96. The summed E-state index contributed by atoms with van der Waals surface area (Å²) in [4.78, 5) is 15.3. The highest BCUT2D eigenvalue weighted by molar-refractivity contribution is 7.71. The van der Waals surface area contributed by atoms with Gasteiger partial charge in [-0.25, -0.2) is 0 Å². The molecule has 0 spiro atoms. The van der Waals surface area contributed by atoms with Gasteiger partial charge in [0.25, 0.3) is 5.91 Å². The van der Waals surface area contributed by atoms with E-state index in [1.54, 1.807) is 10.9 Å². The zero-order chi connectivity index (χ0) is 20.5. The number of carbonyl (C=O) groups excluding carboxylic acids is 1. The van der Waals surface area contributed by atoms with Crippen LogP contribution in [0.1, 0.15) is 41.9 Å². The monoisotopic (exact) mass is 430 g/mol. The second kappa shape index (κ2) is 8.12. The fraction of sp³-hybridized carbons (Fsp3) is 0.400. The number of aromatic nitrogens is 5. The van der Waals surface area contributed by atoms with Crippen molar-refractivity contribution in [1.82, 2.24) is 29.4 Å². The van der Waals surface area contributed by atoms with Crippen LogP contribution in [-0.2, 0) is 13.6 Å². The molecule has 29 heavy (non-hydrogen) atoms. The number of amides is 1. The summed E-state index contributed by atoms with van der Waals surface area (Å²) in [6.45, 7) is 4.12. The van der Waals surface area contributed by atoms with Gasteiger partial charge in [-0.1, -0.05) is 29.8 Å². The van der Waals surface area contributed by atoms with E-state index in [1.165, 1.54) is 0 Å². The Kier molecular flexibility index (Phi) is 5.56. The summed E-state index contributed by atoms with van der Waals surface area (Å²) in [5.74, 6) is 1.04. The van der Waals surface area contributed by atoms with Crippen molar-refractivity contribution >= 4 is 29.7 Å². The zero-order valence-corrected chi connectivity index (χ0v) is 18.0. The highest BCUT2D eigenvalue weighted by atomic mass is 35.5. The van der Waals surface area contributed by atoms with E-state index in [2.05, 4.69) is 15.3 Å². The lowest BCUT2D eigenvalue weighted by Gasteiger charge is -2.32. The highest BCUT2D eigenvalue weighted by Crippen LogP contribution is 2.32. The van der Waals surface area contributed by atoms with Gasteiger partial charge >= 0.3 is 0 Å². The smallest absolute Gasteiger partial charge is 0.257 e. The molecule has 1 saturated heterocycles. The van der Waals surface area contributed by atoms with Crippen molar-refractivity contribution in [3.05, 3.63) is 51.6 Å². The standard InChI is InChI=1S/C20H23ClN6OS/c1-3-27-18(22-23-20(27)29)13-7-6-10-26(11-13)19(28)15-12-25(2)24-17(15)14-8-4-5-9-16(14)21/h4-5,8-9,12-13H,3,6-7,10-11H2,1-2H3,(H,23,29). The fourth-order valence-corrected chi connectivity index (χ4v) is 4.48. The van der Waals surface area contributed by atoms with Gasteiger partial charge in [0.1, 0.15) is 11.5 Å². The maximum absolute atomic E-state index is 13.4. The summed E-state index contributed by atoms with van der Waals surface area (Å²) < 4.78 is 4.29. The van der Waals surface area contributed by atoms with Crippen molar-refractivity contribution in [2.24, 2.45) is 7.05 Å². The molecular formula is C20H23ClN6OS. The van der Waals surface area contributed by atoms with Crippen LogP contribution in [0.2, 0.25) is 5.02 Å². The number of halogens is 1. The molecule has 1 amide bonds. The van der Waals surface area contributed by atoms with Crippen molar-refractivity contribution < 1.29 is 4.79 Å². The van der Waals surface area contributed by atoms with Crippen LogP contribution < -0.4 is 0 Å². The van der Waals surface area contributed by atoms with Gasteiger partial charge in [-0.15, -0.1) is 0 Å². The van der Waals surface area contributed by atoms with Crippen LogP contribution in [0.3, 0.4) is 0 Å². The Morgan fingerprint density at radius 1 is 1.38 bits per heavy atom. The summed E-state index contributed by atoms with van der Waals surface area (Å²) >= 11 is 11.7. The molecule has 4 rings (SSSR count). The Balaban J connectivity index is 1.64. The molecule has 1 atom stereocenters. The number of hydrogen-bond donors (Lipinski definition) is 1. The van der Waals surface area contributed by atoms with Crippen LogP contribution in [0.4, 0.5) is 0 Å². The number of nitrogens with one attached hydrogen (secondary N) is 1. The third kappa shape index (κ3) is 3.74. The number of benzene rings is 1. The van der Waals surface area contributed by atoms with Gasteiger partial charge in [-0.05, 0) is 38.0 Å². The minimum Gasteiger partial charge on any atom is -0.338 e. The Morgan fingerprint density at radius 2 is 2.17 bits per heavy atom. The van der Waals surface area contributed by atoms with Crippen molar-refractivity contribution in [2.45, 2.75) is 32.2 Å². The van der Waals surface area contributed by atoms with Crippen LogP contribution in [0.15, 0.2) is 30.5 Å². The van der Waals surface area contributed by atoms with Gasteiger partial charge in [0, 0.05) is 44.4 Å². The van der Waals surface area contributed by atoms with E-state index in [9.17, 15) is 4.79 Å². The van der Waals surface area contributed by atoms with Crippen molar-refractivity contribution in [3.8, 4) is 11.3 Å². The number of likely N-dealkylation sites (tertiary alicyclic amines) is 1. The fourth-order valence-electron chi connectivity index (χ4n) is 3.99. The van der Waals surface area contributed by atoms with Gasteiger partial charge in [0.05, 0.1) is 10.6 Å². The normalized spacial score (nSPS) is 16.9. The van der Waals surface area contributed by atoms with E-state index in [1.807, 2.05) is 47.7 Å². The molecule has 1 N–H and O–H groups in total. The summed E-state index contributed by atoms with van der Waals surface area (Å²) in [5, 5.41) is 12.4. The molecule has 1 unspecified atom stereocenters. The van der Waals surface area contributed by atoms with E-state index >= 15 is 0 Å². The SMILES string of the molecule is CCn1c(C2CCCN(C(=O)c3cn(C)nc3-c3ccccc3Cl)C2)n[nH]c1=S. The van der Waals surface area contributed by atoms with Gasteiger partial charge in [0.2, 0.25) is 0 Å².